The largest absolute Gasteiger partial charge is 0.506 e. The van der Waals surface area contributed by atoms with Gasteiger partial charge in [-0.3, -0.25) is 4.98 Å². The van der Waals surface area contributed by atoms with Gasteiger partial charge in [-0.05, 0) is 6.90 Å². The zero-order chi connectivity index (χ0) is 9.84. The first-order valence-corrected chi connectivity index (χ1v) is 3.44. The molecule has 0 saturated carbocycles. The van der Waals surface area contributed by atoms with Crippen LogP contribution < -0.4 is 0 Å². The number of aliphatic hydroxyl groups is 2. The second-order valence-corrected chi connectivity index (χ2v) is 2.37. The number of nitrogens with zero attached hydrogens (tertiary/aromatic N) is 1. The van der Waals surface area contributed by atoms with Gasteiger partial charge in [0, 0.05) is 18.7 Å². The highest BCUT2D eigenvalue weighted by atomic mass is 16.3. The van der Waals surface area contributed by atoms with E-state index in [2.05, 4.69) is 4.98 Å². The van der Waals surface area contributed by atoms with Gasteiger partial charge in [0.15, 0.2) is 0 Å². The molecule has 0 fully saturated rings. The zero-order valence-electron chi connectivity index (χ0n) is 7.49. The molecule has 0 aliphatic carbocycles. The van der Waals surface area contributed by atoms with E-state index in [9.17, 15) is 5.11 Å². The monoisotopic (exact) mass is 170 g/mol. The summed E-state index contributed by atoms with van der Waals surface area (Å²) >= 11 is 0. The lowest BCUT2D eigenvalue weighted by molar-refractivity contribution is 0.254. The van der Waals surface area contributed by atoms with Crippen LogP contribution in [0.25, 0.3) is 0 Å². The molecule has 0 amide bonds. The molecule has 4 heteroatoms. The number of hydrogen-bond donors (Lipinski definition) is 3. The van der Waals surface area contributed by atoms with Crippen molar-refractivity contribution < 1.29 is 16.7 Å². The number of rotatable bonds is 2. The zero-order valence-corrected chi connectivity index (χ0v) is 6.49. The maximum absolute atomic E-state index is 9.45. The van der Waals surface area contributed by atoms with Crippen molar-refractivity contribution in [2.24, 2.45) is 0 Å². The quantitative estimate of drug-likeness (QED) is 0.587. The summed E-state index contributed by atoms with van der Waals surface area (Å²) in [7, 11) is 0. The molecule has 0 bridgehead atoms. The van der Waals surface area contributed by atoms with E-state index in [1.165, 1.54) is 6.20 Å². The fraction of sp³-hybridized carbons (Fsp3) is 0.375. The van der Waals surface area contributed by atoms with Crippen LogP contribution in [0.1, 0.15) is 18.2 Å². The highest BCUT2D eigenvalue weighted by Crippen LogP contribution is 2.23. The smallest absolute Gasteiger partial charge is 0.142 e. The van der Waals surface area contributed by atoms with E-state index in [1.54, 1.807) is 0 Å². The van der Waals surface area contributed by atoms with E-state index < -0.39 is 0 Å². The third-order valence-corrected chi connectivity index (χ3v) is 1.65. The topological polar surface area (TPSA) is 73.6 Å². The molecule has 0 aliphatic rings. The molecule has 12 heavy (non-hydrogen) atoms. The third kappa shape index (κ3) is 1.39. The predicted octanol–water partition coefficient (Wildman–Crippen LogP) is 0.0802. The Morgan fingerprint density at radius 3 is 2.75 bits per heavy atom. The van der Waals surface area contributed by atoms with E-state index in [-0.39, 0.29) is 37.1 Å². The molecule has 0 unspecified atom stereocenters. The maximum atomic E-state index is 9.45. The SMILES string of the molecule is [2H]Cc1ncc(CO)c(CO)c1O. The fourth-order valence-corrected chi connectivity index (χ4v) is 0.934. The van der Waals surface area contributed by atoms with Gasteiger partial charge in [0.1, 0.15) is 5.75 Å². The summed E-state index contributed by atoms with van der Waals surface area (Å²) in [5.74, 6) is -0.191. The van der Waals surface area contributed by atoms with Gasteiger partial charge >= 0.3 is 0 Å². The average molecular weight is 170 g/mol. The Morgan fingerprint density at radius 2 is 2.25 bits per heavy atom. The minimum atomic E-state index is -0.364. The van der Waals surface area contributed by atoms with Gasteiger partial charge < -0.3 is 15.3 Å². The predicted molar refractivity (Wildman–Crippen MR) is 42.5 cm³/mol. The van der Waals surface area contributed by atoms with Crippen molar-refractivity contribution >= 4 is 0 Å². The fourth-order valence-electron chi connectivity index (χ4n) is 0.934. The van der Waals surface area contributed by atoms with Crippen LogP contribution in [-0.4, -0.2) is 20.3 Å². The van der Waals surface area contributed by atoms with Crippen LogP contribution in [0.15, 0.2) is 6.20 Å². The van der Waals surface area contributed by atoms with E-state index in [0.717, 1.165) is 0 Å². The molecular formula is C8H11NO3. The number of pyridine rings is 1. The normalized spacial score (nSPS) is 11.3. The molecule has 1 aromatic heterocycles. The molecule has 0 aliphatic heterocycles. The first kappa shape index (κ1) is 7.52. The van der Waals surface area contributed by atoms with Gasteiger partial charge in [-0.2, -0.15) is 0 Å². The summed E-state index contributed by atoms with van der Waals surface area (Å²) in [5, 5.41) is 27.2. The minimum absolute atomic E-state index is 0.148. The standard InChI is InChI=1S/C8H11NO3/c1-5-8(12)7(4-11)6(3-10)2-9-5/h2,10-12H,3-4H2,1H3/i1D. The van der Waals surface area contributed by atoms with Crippen molar-refractivity contribution in [3.63, 3.8) is 0 Å². The number of aryl methyl sites for hydroxylation is 1. The number of aromatic hydroxyl groups is 1. The molecule has 3 N–H and O–H groups in total. The Labute approximate surface area is 71.5 Å². The molecule has 0 spiro atoms. The first-order chi connectivity index (χ1) is 6.24. The van der Waals surface area contributed by atoms with Gasteiger partial charge in [0.2, 0.25) is 0 Å². The summed E-state index contributed by atoms with van der Waals surface area (Å²) in [4.78, 5) is 3.77. The molecule has 1 rings (SSSR count). The third-order valence-electron chi connectivity index (χ3n) is 1.65. The van der Waals surface area contributed by atoms with Gasteiger partial charge in [0.05, 0.1) is 18.9 Å². The van der Waals surface area contributed by atoms with Crippen molar-refractivity contribution in [1.29, 1.82) is 0 Å². The van der Waals surface area contributed by atoms with Gasteiger partial charge in [-0.15, -0.1) is 0 Å². The Balaban J connectivity index is 3.23. The maximum Gasteiger partial charge on any atom is 0.142 e. The summed E-state index contributed by atoms with van der Waals surface area (Å²) < 4.78 is 7.02. The second kappa shape index (κ2) is 3.51. The number of hydrogen-bond acceptors (Lipinski definition) is 4. The lowest BCUT2D eigenvalue weighted by Gasteiger charge is -2.07. The van der Waals surface area contributed by atoms with Crippen LogP contribution in [0.5, 0.6) is 5.75 Å². The minimum Gasteiger partial charge on any atom is -0.506 e. The Morgan fingerprint density at radius 1 is 1.50 bits per heavy atom. The molecule has 66 valence electrons. The summed E-state index contributed by atoms with van der Waals surface area (Å²) in [6.45, 7) is -0.795. The lowest BCUT2D eigenvalue weighted by atomic mass is 10.1. The second-order valence-electron chi connectivity index (χ2n) is 2.37. The molecule has 1 aromatic rings. The van der Waals surface area contributed by atoms with Crippen LogP contribution in [0.3, 0.4) is 0 Å². The highest BCUT2D eigenvalue weighted by molar-refractivity contribution is 5.39. The molecule has 0 radical (unpaired) electrons. The van der Waals surface area contributed by atoms with Crippen molar-refractivity contribution in [2.75, 3.05) is 0 Å². The van der Waals surface area contributed by atoms with Gasteiger partial charge in [0.25, 0.3) is 0 Å². The average Bonchev–Trinajstić information content (AvgIpc) is 2.17. The highest BCUT2D eigenvalue weighted by Gasteiger charge is 2.09. The van der Waals surface area contributed by atoms with E-state index in [0.29, 0.717) is 5.56 Å². The molecule has 0 atom stereocenters. The van der Waals surface area contributed by atoms with E-state index in [1.807, 2.05) is 0 Å². The van der Waals surface area contributed by atoms with Crippen LogP contribution in [0.2, 0.25) is 0 Å². The molecule has 1 heterocycles. The van der Waals surface area contributed by atoms with Crippen LogP contribution in [-0.2, 0) is 13.2 Å². The van der Waals surface area contributed by atoms with E-state index >= 15 is 0 Å². The van der Waals surface area contributed by atoms with Crippen LogP contribution >= 0.6 is 0 Å². The summed E-state index contributed by atoms with van der Waals surface area (Å²) in [5.41, 5.74) is 0.846. The van der Waals surface area contributed by atoms with Gasteiger partial charge in [-0.1, -0.05) is 0 Å². The van der Waals surface area contributed by atoms with Crippen LogP contribution in [0.4, 0.5) is 0 Å². The van der Waals surface area contributed by atoms with E-state index in [4.69, 9.17) is 11.6 Å². The Hall–Kier alpha value is -1.13. The number of aromatic nitrogens is 1. The number of aliphatic hydroxyl groups excluding tert-OH is 2. The molecule has 4 nitrogen and oxygen atoms in total. The van der Waals surface area contributed by atoms with Crippen molar-refractivity contribution in [3.05, 3.63) is 23.0 Å². The Kier molecular flexibility index (Phi) is 2.20. The molecular weight excluding hydrogens is 158 g/mol. The van der Waals surface area contributed by atoms with Gasteiger partial charge in [-0.25, -0.2) is 0 Å². The summed E-state index contributed by atoms with van der Waals surface area (Å²) in [6, 6.07) is 0. The lowest BCUT2D eigenvalue weighted by Crippen LogP contribution is -1.98. The molecule has 0 aromatic carbocycles. The summed E-state index contributed by atoms with van der Waals surface area (Å²) in [6.07, 6.45) is 1.36. The molecule has 0 saturated heterocycles. The van der Waals surface area contributed by atoms with Crippen molar-refractivity contribution in [1.82, 2.24) is 4.98 Å². The van der Waals surface area contributed by atoms with Crippen molar-refractivity contribution in [3.8, 4) is 5.75 Å². The van der Waals surface area contributed by atoms with Crippen molar-refractivity contribution in [2.45, 2.75) is 20.1 Å². The first-order valence-electron chi connectivity index (χ1n) is 4.14. The Bertz CT molecular complexity index is 304. The van der Waals surface area contributed by atoms with Crippen LogP contribution in [0, 0.1) is 6.90 Å².